The van der Waals surface area contributed by atoms with E-state index in [1.165, 1.54) is 13.3 Å². The fourth-order valence-corrected chi connectivity index (χ4v) is 1.95. The summed E-state index contributed by atoms with van der Waals surface area (Å²) in [6.07, 6.45) is 1.54. The second kappa shape index (κ2) is 5.12. The van der Waals surface area contributed by atoms with Crippen molar-refractivity contribution in [1.82, 2.24) is 9.97 Å². The molecule has 1 amide bonds. The number of aromatic nitrogens is 2. The summed E-state index contributed by atoms with van der Waals surface area (Å²) in [6.45, 7) is 0. The number of aromatic amines is 1. The summed E-state index contributed by atoms with van der Waals surface area (Å²) < 4.78 is 9.94. The largest absolute Gasteiger partial charge is 0.480 e. The number of pyridine rings is 1. The van der Waals surface area contributed by atoms with Gasteiger partial charge in [0.05, 0.1) is 12.6 Å². The van der Waals surface area contributed by atoms with Gasteiger partial charge in [-0.25, -0.2) is 9.78 Å². The number of ether oxygens (including phenoxy) is 1. The number of H-pyrrole nitrogens is 1. The molecule has 0 saturated heterocycles. The van der Waals surface area contributed by atoms with Crippen LogP contribution in [0, 0.1) is 0 Å². The lowest BCUT2D eigenvalue weighted by atomic mass is 10.2. The molecule has 0 spiro atoms. The van der Waals surface area contributed by atoms with Gasteiger partial charge in [-0.1, -0.05) is 0 Å². The molecule has 106 valence electrons. The molecule has 0 aliphatic carbocycles. The van der Waals surface area contributed by atoms with E-state index in [9.17, 15) is 9.59 Å². The predicted octanol–water partition coefficient (Wildman–Crippen LogP) is 1.78. The van der Waals surface area contributed by atoms with Gasteiger partial charge in [0.15, 0.2) is 5.58 Å². The zero-order valence-electron chi connectivity index (χ0n) is 11.0. The van der Waals surface area contributed by atoms with Gasteiger partial charge in [-0.3, -0.25) is 9.78 Å². The van der Waals surface area contributed by atoms with Crippen LogP contribution in [-0.4, -0.2) is 23.0 Å². The summed E-state index contributed by atoms with van der Waals surface area (Å²) in [4.78, 5) is 29.8. The summed E-state index contributed by atoms with van der Waals surface area (Å²) in [7, 11) is 1.45. The first-order valence-electron chi connectivity index (χ1n) is 6.10. The maximum absolute atomic E-state index is 12.2. The molecule has 7 nitrogen and oxygen atoms in total. The molecule has 0 saturated carbocycles. The number of hydrogen-bond acceptors (Lipinski definition) is 5. The first kappa shape index (κ1) is 12.9. The zero-order chi connectivity index (χ0) is 14.8. The number of fused-ring (bicyclic) bond motifs is 1. The van der Waals surface area contributed by atoms with E-state index in [-0.39, 0.29) is 11.8 Å². The number of nitrogens with one attached hydrogen (secondary N) is 2. The minimum atomic E-state index is -0.539. The number of carbonyl (C=O) groups is 1. The number of carbonyl (C=O) groups excluding carboxylic acids is 1. The number of benzene rings is 1. The van der Waals surface area contributed by atoms with Crippen molar-refractivity contribution in [3.05, 3.63) is 52.6 Å². The molecular formula is C14H11N3O4. The van der Waals surface area contributed by atoms with E-state index in [1.807, 2.05) is 0 Å². The molecule has 2 aromatic heterocycles. The molecule has 3 aromatic rings. The molecule has 3 rings (SSSR count). The Bertz CT molecular complexity index is 866. The Morgan fingerprint density at radius 2 is 2.24 bits per heavy atom. The topological polar surface area (TPSA) is 97.2 Å². The smallest absolute Gasteiger partial charge is 0.417 e. The average Bonchev–Trinajstić information content (AvgIpc) is 2.86. The summed E-state index contributed by atoms with van der Waals surface area (Å²) >= 11 is 0. The minimum absolute atomic E-state index is 0.243. The minimum Gasteiger partial charge on any atom is -0.480 e. The van der Waals surface area contributed by atoms with Crippen molar-refractivity contribution in [3.8, 4) is 5.88 Å². The van der Waals surface area contributed by atoms with Gasteiger partial charge in [0.25, 0.3) is 5.91 Å². The third-order valence-electron chi connectivity index (χ3n) is 2.89. The Labute approximate surface area is 118 Å². The van der Waals surface area contributed by atoms with Crippen LogP contribution >= 0.6 is 0 Å². The van der Waals surface area contributed by atoms with E-state index < -0.39 is 5.76 Å². The lowest BCUT2D eigenvalue weighted by Crippen LogP contribution is -2.13. The molecule has 7 heteroatoms. The van der Waals surface area contributed by atoms with Crippen molar-refractivity contribution in [2.45, 2.75) is 0 Å². The molecule has 2 N–H and O–H groups in total. The Kier molecular flexibility index (Phi) is 3.15. The van der Waals surface area contributed by atoms with Gasteiger partial charge in [0.1, 0.15) is 5.56 Å². The molecule has 0 aliphatic heterocycles. The van der Waals surface area contributed by atoms with Crippen LogP contribution in [0.15, 0.2) is 45.7 Å². The highest BCUT2D eigenvalue weighted by molar-refractivity contribution is 6.06. The van der Waals surface area contributed by atoms with E-state index >= 15 is 0 Å². The van der Waals surface area contributed by atoms with Crippen LogP contribution in [-0.2, 0) is 0 Å². The van der Waals surface area contributed by atoms with Crippen LogP contribution in [0.3, 0.4) is 0 Å². The van der Waals surface area contributed by atoms with Crippen LogP contribution < -0.4 is 15.8 Å². The third-order valence-corrected chi connectivity index (χ3v) is 2.89. The average molecular weight is 285 g/mol. The van der Waals surface area contributed by atoms with Crippen molar-refractivity contribution < 1.29 is 13.9 Å². The zero-order valence-corrected chi connectivity index (χ0v) is 11.0. The number of anilines is 1. The lowest BCUT2D eigenvalue weighted by molar-refractivity contribution is 0.102. The monoisotopic (exact) mass is 285 g/mol. The third kappa shape index (κ3) is 2.48. The molecule has 0 atom stereocenters. The first-order chi connectivity index (χ1) is 10.2. The number of oxazole rings is 1. The van der Waals surface area contributed by atoms with E-state index in [1.54, 1.807) is 30.3 Å². The normalized spacial score (nSPS) is 10.5. The number of rotatable bonds is 3. The van der Waals surface area contributed by atoms with Gasteiger partial charge < -0.3 is 14.5 Å². The molecule has 0 aliphatic rings. The molecule has 0 fully saturated rings. The maximum Gasteiger partial charge on any atom is 0.417 e. The highest BCUT2D eigenvalue weighted by atomic mass is 16.5. The second-order valence-electron chi connectivity index (χ2n) is 4.24. The molecule has 21 heavy (non-hydrogen) atoms. The Morgan fingerprint density at radius 3 is 3.05 bits per heavy atom. The number of nitrogens with zero attached hydrogens (tertiary/aromatic N) is 1. The summed E-state index contributed by atoms with van der Waals surface area (Å²) in [6, 6.07) is 8.11. The molecule has 0 radical (unpaired) electrons. The van der Waals surface area contributed by atoms with Crippen molar-refractivity contribution in [1.29, 1.82) is 0 Å². The quantitative estimate of drug-likeness (QED) is 0.764. The Balaban J connectivity index is 1.90. The van der Waals surface area contributed by atoms with Crippen molar-refractivity contribution >= 4 is 22.7 Å². The van der Waals surface area contributed by atoms with Gasteiger partial charge in [-0.2, -0.15) is 0 Å². The van der Waals surface area contributed by atoms with Gasteiger partial charge in [-0.05, 0) is 30.3 Å². The fourth-order valence-electron chi connectivity index (χ4n) is 1.95. The van der Waals surface area contributed by atoms with Gasteiger partial charge >= 0.3 is 5.76 Å². The fraction of sp³-hybridized carbons (Fsp3) is 0.0714. The molecule has 2 heterocycles. The van der Waals surface area contributed by atoms with Gasteiger partial charge in [-0.15, -0.1) is 0 Å². The first-order valence-corrected chi connectivity index (χ1v) is 6.10. The number of amides is 1. The standard InChI is InChI=1S/C14H11N3O4/c1-20-13-9(3-2-6-15-13)12(18)16-8-4-5-11-10(7-8)17-14(19)21-11/h2-7H,1H3,(H,16,18)(H,17,19). The SMILES string of the molecule is COc1ncccc1C(=O)Nc1ccc2oc(=O)[nH]c2c1. The van der Waals surface area contributed by atoms with Gasteiger partial charge in [0.2, 0.25) is 5.88 Å². The number of methoxy groups -OCH3 is 1. The summed E-state index contributed by atoms with van der Waals surface area (Å²) in [5.74, 6) is -0.652. The Hall–Kier alpha value is -3.09. The molecule has 1 aromatic carbocycles. The Morgan fingerprint density at radius 1 is 1.38 bits per heavy atom. The van der Waals surface area contributed by atoms with E-state index in [0.717, 1.165) is 0 Å². The van der Waals surface area contributed by atoms with Crippen LogP contribution in [0.4, 0.5) is 5.69 Å². The number of hydrogen-bond donors (Lipinski definition) is 2. The maximum atomic E-state index is 12.2. The molecule has 0 bridgehead atoms. The van der Waals surface area contributed by atoms with Crippen LogP contribution in [0.2, 0.25) is 0 Å². The van der Waals surface area contributed by atoms with Crippen molar-refractivity contribution in [2.75, 3.05) is 12.4 Å². The van der Waals surface area contributed by atoms with Crippen molar-refractivity contribution in [2.24, 2.45) is 0 Å². The second-order valence-corrected chi connectivity index (χ2v) is 4.24. The van der Waals surface area contributed by atoms with Crippen LogP contribution in [0.25, 0.3) is 11.1 Å². The van der Waals surface area contributed by atoms with E-state index in [4.69, 9.17) is 9.15 Å². The van der Waals surface area contributed by atoms with Crippen LogP contribution in [0.1, 0.15) is 10.4 Å². The van der Waals surface area contributed by atoms with E-state index in [2.05, 4.69) is 15.3 Å². The lowest BCUT2D eigenvalue weighted by Gasteiger charge is -2.07. The predicted molar refractivity (Wildman–Crippen MR) is 75.6 cm³/mol. The molecular weight excluding hydrogens is 274 g/mol. The van der Waals surface area contributed by atoms with E-state index in [0.29, 0.717) is 22.4 Å². The molecule has 0 unspecified atom stereocenters. The summed E-state index contributed by atoms with van der Waals surface area (Å²) in [5, 5.41) is 2.71. The summed E-state index contributed by atoms with van der Waals surface area (Å²) in [5.41, 5.74) is 1.78. The highest BCUT2D eigenvalue weighted by Gasteiger charge is 2.13. The highest BCUT2D eigenvalue weighted by Crippen LogP contribution is 2.19. The van der Waals surface area contributed by atoms with Crippen LogP contribution in [0.5, 0.6) is 5.88 Å². The van der Waals surface area contributed by atoms with Gasteiger partial charge in [0, 0.05) is 11.9 Å². The van der Waals surface area contributed by atoms with Crippen molar-refractivity contribution in [3.63, 3.8) is 0 Å².